The Balaban J connectivity index is 1.91. The highest BCUT2D eigenvalue weighted by atomic mass is 15.3. The van der Waals surface area contributed by atoms with Crippen molar-refractivity contribution < 1.29 is 0 Å². The molecule has 3 unspecified atom stereocenters. The van der Waals surface area contributed by atoms with Crippen molar-refractivity contribution in [2.24, 2.45) is 11.8 Å². The van der Waals surface area contributed by atoms with Gasteiger partial charge in [0.05, 0.1) is 6.04 Å². The van der Waals surface area contributed by atoms with Crippen LogP contribution in [-0.4, -0.2) is 21.3 Å². The molecule has 1 N–H and O–H groups in total. The van der Waals surface area contributed by atoms with Gasteiger partial charge in [0.1, 0.15) is 11.6 Å². The fourth-order valence-electron chi connectivity index (χ4n) is 3.49. The van der Waals surface area contributed by atoms with Crippen LogP contribution >= 0.6 is 0 Å². The summed E-state index contributed by atoms with van der Waals surface area (Å²) in [5, 5.41) is 12.2. The van der Waals surface area contributed by atoms with E-state index in [2.05, 4.69) is 27.0 Å². The highest BCUT2D eigenvalue weighted by Gasteiger charge is 2.41. The van der Waals surface area contributed by atoms with E-state index < -0.39 is 0 Å². The normalized spacial score (nSPS) is 33.2. The van der Waals surface area contributed by atoms with Crippen LogP contribution in [0.4, 0.5) is 0 Å². The Hall–Kier alpha value is -0.900. The number of aryl methyl sites for hydroxylation is 1. The third kappa shape index (κ3) is 1.39. The van der Waals surface area contributed by atoms with Gasteiger partial charge < -0.3 is 9.88 Å². The average Bonchev–Trinajstić information content (AvgIpc) is 2.91. The molecule has 2 aliphatic rings. The Bertz CT molecular complexity index is 384. The quantitative estimate of drug-likeness (QED) is 0.824. The van der Waals surface area contributed by atoms with Crippen molar-refractivity contribution in [3.63, 3.8) is 0 Å². The Morgan fingerprint density at radius 3 is 3.06 bits per heavy atom. The molecule has 88 valence electrons. The van der Waals surface area contributed by atoms with Gasteiger partial charge >= 0.3 is 0 Å². The number of rotatable bonds is 2. The van der Waals surface area contributed by atoms with Gasteiger partial charge in [-0.05, 0) is 45.1 Å². The number of nitrogens with one attached hydrogen (secondary N) is 1. The van der Waals surface area contributed by atoms with Gasteiger partial charge in [-0.3, -0.25) is 0 Å². The van der Waals surface area contributed by atoms with Crippen LogP contribution in [-0.2, 0) is 6.54 Å². The first-order chi connectivity index (χ1) is 7.81. The second-order valence-electron chi connectivity index (χ2n) is 5.09. The molecule has 1 aliphatic heterocycles. The molecule has 3 rings (SSSR count). The van der Waals surface area contributed by atoms with Crippen molar-refractivity contribution in [3.05, 3.63) is 11.6 Å². The predicted molar refractivity (Wildman–Crippen MR) is 62.0 cm³/mol. The minimum absolute atomic E-state index is 0.452. The average molecular weight is 220 g/mol. The van der Waals surface area contributed by atoms with Gasteiger partial charge in [0.2, 0.25) is 0 Å². The Kier molecular flexibility index (Phi) is 2.46. The molecular weight excluding hydrogens is 200 g/mol. The second kappa shape index (κ2) is 3.84. The lowest BCUT2D eigenvalue weighted by atomic mass is 9.93. The molecule has 3 atom stereocenters. The molecule has 16 heavy (non-hydrogen) atoms. The van der Waals surface area contributed by atoms with Gasteiger partial charge in [0, 0.05) is 6.54 Å². The second-order valence-corrected chi connectivity index (χ2v) is 5.09. The molecule has 2 heterocycles. The van der Waals surface area contributed by atoms with Crippen LogP contribution in [0.1, 0.15) is 43.9 Å². The Labute approximate surface area is 96.4 Å². The smallest absolute Gasteiger partial charge is 0.150 e. The lowest BCUT2D eigenvalue weighted by molar-refractivity contribution is 0.396. The van der Waals surface area contributed by atoms with Gasteiger partial charge in [0.25, 0.3) is 0 Å². The first kappa shape index (κ1) is 10.3. The van der Waals surface area contributed by atoms with Crippen LogP contribution in [0.2, 0.25) is 0 Å². The van der Waals surface area contributed by atoms with Gasteiger partial charge in [0.15, 0.2) is 0 Å². The van der Waals surface area contributed by atoms with E-state index in [0.29, 0.717) is 6.04 Å². The zero-order valence-corrected chi connectivity index (χ0v) is 10.1. The molecule has 4 heteroatoms. The van der Waals surface area contributed by atoms with Crippen molar-refractivity contribution in [2.45, 2.75) is 45.7 Å². The van der Waals surface area contributed by atoms with Crippen molar-refractivity contribution in [1.29, 1.82) is 0 Å². The first-order valence-corrected chi connectivity index (χ1v) is 6.44. The maximum Gasteiger partial charge on any atom is 0.150 e. The van der Waals surface area contributed by atoms with E-state index >= 15 is 0 Å². The molecule has 1 saturated carbocycles. The molecule has 0 spiro atoms. The number of fused-ring (bicyclic) bond motifs is 1. The third-order valence-electron chi connectivity index (χ3n) is 4.30. The lowest BCUT2D eigenvalue weighted by Crippen LogP contribution is -2.22. The van der Waals surface area contributed by atoms with Crippen LogP contribution in [0.5, 0.6) is 0 Å². The summed E-state index contributed by atoms with van der Waals surface area (Å²) in [6.07, 6.45) is 4.15. The maximum absolute atomic E-state index is 4.38. The monoisotopic (exact) mass is 220 g/mol. The molecule has 0 amide bonds. The van der Waals surface area contributed by atoms with Gasteiger partial charge in [-0.15, -0.1) is 10.2 Å². The highest BCUT2D eigenvalue weighted by molar-refractivity contribution is 5.07. The van der Waals surface area contributed by atoms with Crippen LogP contribution in [0, 0.1) is 18.8 Å². The van der Waals surface area contributed by atoms with E-state index in [1.165, 1.54) is 25.8 Å². The summed E-state index contributed by atoms with van der Waals surface area (Å²) >= 11 is 0. The SMILES string of the molecule is CCn1c(C)nnc1C1NCC2CCCC21. The molecule has 0 bridgehead atoms. The number of nitrogens with zero attached hydrogens (tertiary/aromatic N) is 3. The molecule has 0 aromatic carbocycles. The molecule has 0 radical (unpaired) electrons. The van der Waals surface area contributed by atoms with E-state index in [-0.39, 0.29) is 0 Å². The third-order valence-corrected chi connectivity index (χ3v) is 4.30. The Morgan fingerprint density at radius 2 is 2.25 bits per heavy atom. The minimum atomic E-state index is 0.452. The standard InChI is InChI=1S/C12H20N4/c1-3-16-8(2)14-15-12(16)11-10-6-4-5-9(10)7-13-11/h9-11,13H,3-7H2,1-2H3. The number of aromatic nitrogens is 3. The number of hydrogen-bond acceptors (Lipinski definition) is 3. The summed E-state index contributed by atoms with van der Waals surface area (Å²) in [6, 6.07) is 0.452. The summed E-state index contributed by atoms with van der Waals surface area (Å²) in [6.45, 7) is 6.36. The van der Waals surface area contributed by atoms with Crippen LogP contribution in [0.15, 0.2) is 0 Å². The van der Waals surface area contributed by atoms with E-state index in [9.17, 15) is 0 Å². The molecule has 1 saturated heterocycles. The molecule has 4 nitrogen and oxygen atoms in total. The summed E-state index contributed by atoms with van der Waals surface area (Å²) in [5.74, 6) is 3.89. The summed E-state index contributed by atoms with van der Waals surface area (Å²) in [4.78, 5) is 0. The van der Waals surface area contributed by atoms with Crippen LogP contribution in [0.3, 0.4) is 0 Å². The van der Waals surface area contributed by atoms with Crippen LogP contribution < -0.4 is 5.32 Å². The van der Waals surface area contributed by atoms with Gasteiger partial charge in [-0.25, -0.2) is 0 Å². The van der Waals surface area contributed by atoms with Gasteiger partial charge in [-0.2, -0.15) is 0 Å². The van der Waals surface area contributed by atoms with Gasteiger partial charge in [-0.1, -0.05) is 6.42 Å². The fraction of sp³-hybridized carbons (Fsp3) is 0.833. The van der Waals surface area contributed by atoms with E-state index in [1.807, 2.05) is 6.92 Å². The zero-order chi connectivity index (χ0) is 11.1. The predicted octanol–water partition coefficient (Wildman–Crippen LogP) is 1.67. The first-order valence-electron chi connectivity index (χ1n) is 6.44. The summed E-state index contributed by atoms with van der Waals surface area (Å²) in [7, 11) is 0. The molecule has 1 aromatic heterocycles. The molecular formula is C12H20N4. The Morgan fingerprint density at radius 1 is 1.38 bits per heavy atom. The fourth-order valence-corrected chi connectivity index (χ4v) is 3.49. The minimum Gasteiger partial charge on any atom is -0.314 e. The van der Waals surface area contributed by atoms with E-state index in [4.69, 9.17) is 0 Å². The molecule has 1 aromatic rings. The van der Waals surface area contributed by atoms with Crippen molar-refractivity contribution in [1.82, 2.24) is 20.1 Å². The maximum atomic E-state index is 4.38. The van der Waals surface area contributed by atoms with Crippen molar-refractivity contribution >= 4 is 0 Å². The largest absolute Gasteiger partial charge is 0.314 e. The van der Waals surface area contributed by atoms with Crippen molar-refractivity contribution in [3.8, 4) is 0 Å². The zero-order valence-electron chi connectivity index (χ0n) is 10.1. The topological polar surface area (TPSA) is 42.7 Å². The van der Waals surface area contributed by atoms with Crippen LogP contribution in [0.25, 0.3) is 0 Å². The molecule has 2 fully saturated rings. The van der Waals surface area contributed by atoms with Crippen molar-refractivity contribution in [2.75, 3.05) is 6.54 Å². The summed E-state index contributed by atoms with van der Waals surface area (Å²) < 4.78 is 2.25. The lowest BCUT2D eigenvalue weighted by Gasteiger charge is -2.18. The highest BCUT2D eigenvalue weighted by Crippen LogP contribution is 2.43. The molecule has 1 aliphatic carbocycles. The van der Waals surface area contributed by atoms with E-state index in [0.717, 1.165) is 30.0 Å². The summed E-state index contributed by atoms with van der Waals surface area (Å²) in [5.41, 5.74) is 0. The van der Waals surface area contributed by atoms with E-state index in [1.54, 1.807) is 0 Å². The number of hydrogen-bond donors (Lipinski definition) is 1.